The summed E-state index contributed by atoms with van der Waals surface area (Å²) in [5.41, 5.74) is 5.08. The van der Waals surface area contributed by atoms with Gasteiger partial charge >= 0.3 is 0 Å². The van der Waals surface area contributed by atoms with Crippen LogP contribution in [-0.2, 0) is 19.5 Å². The first-order chi connectivity index (χ1) is 18.3. The molecule has 4 rings (SSSR count). The first-order valence-corrected chi connectivity index (χ1v) is 15.2. The molecule has 0 aliphatic heterocycles. The minimum Gasteiger partial charge on any atom is -0.327 e. The van der Waals surface area contributed by atoms with Crippen molar-refractivity contribution in [2.24, 2.45) is 11.8 Å². The van der Waals surface area contributed by atoms with E-state index in [0.29, 0.717) is 12.1 Å². The van der Waals surface area contributed by atoms with Gasteiger partial charge in [-0.15, -0.1) is 0 Å². The van der Waals surface area contributed by atoms with E-state index in [0.717, 1.165) is 49.8 Å². The third-order valence-corrected chi connectivity index (χ3v) is 8.19. The molecule has 1 aliphatic carbocycles. The molecule has 1 aromatic carbocycles. The van der Waals surface area contributed by atoms with Crippen molar-refractivity contribution in [1.29, 1.82) is 0 Å². The van der Waals surface area contributed by atoms with Gasteiger partial charge in [0.2, 0.25) is 0 Å². The van der Waals surface area contributed by atoms with Crippen LogP contribution < -0.4 is 0 Å². The van der Waals surface area contributed by atoms with E-state index in [2.05, 4.69) is 92.3 Å². The number of imidazole rings is 1. The summed E-state index contributed by atoms with van der Waals surface area (Å²) in [6.07, 6.45) is 9.21. The fourth-order valence-electron chi connectivity index (χ4n) is 5.89. The van der Waals surface area contributed by atoms with Gasteiger partial charge in [0.1, 0.15) is 5.82 Å². The Hall–Kier alpha value is -2.24. The molecule has 0 spiro atoms. The molecule has 1 unspecified atom stereocenters. The van der Waals surface area contributed by atoms with Crippen molar-refractivity contribution in [2.45, 2.75) is 105 Å². The highest BCUT2D eigenvalue weighted by Crippen LogP contribution is 2.35. The highest BCUT2D eigenvalue weighted by atomic mass is 15.2. The molecule has 2 heterocycles. The molecule has 3 aromatic rings. The van der Waals surface area contributed by atoms with Crippen LogP contribution >= 0.6 is 0 Å². The standard InChI is InChI=1S/C33H51N5/c1-25(2)17-22-36(23-18-26(3)4)20-11-21-37-30-15-8-7-14-29(30)35-32(37)24-38(27(5)6)31-16-9-12-28-13-10-19-34-33(28)31/h7-8,10,13-15,19,25-27,31H,9,11-12,16-18,20-24H2,1-6H3. The van der Waals surface area contributed by atoms with Crippen LogP contribution in [0, 0.1) is 11.8 Å². The zero-order valence-electron chi connectivity index (χ0n) is 24.9. The van der Waals surface area contributed by atoms with Crippen LogP contribution in [-0.4, -0.2) is 50.0 Å². The minimum absolute atomic E-state index is 0.357. The molecule has 0 saturated heterocycles. The monoisotopic (exact) mass is 517 g/mol. The van der Waals surface area contributed by atoms with Gasteiger partial charge in [-0.2, -0.15) is 0 Å². The Bertz CT molecular complexity index is 1120. The van der Waals surface area contributed by atoms with Crippen molar-refractivity contribution in [1.82, 2.24) is 24.3 Å². The summed E-state index contributed by atoms with van der Waals surface area (Å²) in [7, 11) is 0. The van der Waals surface area contributed by atoms with Gasteiger partial charge in [-0.25, -0.2) is 4.98 Å². The summed E-state index contributed by atoms with van der Waals surface area (Å²) in [6.45, 7) is 19.4. The van der Waals surface area contributed by atoms with E-state index in [1.165, 1.54) is 61.4 Å². The van der Waals surface area contributed by atoms with Crippen molar-refractivity contribution in [3.8, 4) is 0 Å². The average Bonchev–Trinajstić information content (AvgIpc) is 3.25. The maximum atomic E-state index is 5.19. The molecule has 38 heavy (non-hydrogen) atoms. The van der Waals surface area contributed by atoms with E-state index >= 15 is 0 Å². The maximum absolute atomic E-state index is 5.19. The second-order valence-corrected chi connectivity index (χ2v) is 12.5. The summed E-state index contributed by atoms with van der Waals surface area (Å²) < 4.78 is 2.51. The van der Waals surface area contributed by atoms with Gasteiger partial charge in [0.25, 0.3) is 0 Å². The number of aromatic nitrogens is 3. The third kappa shape index (κ3) is 7.45. The molecule has 0 bridgehead atoms. The van der Waals surface area contributed by atoms with Crippen LogP contribution in [0.5, 0.6) is 0 Å². The predicted octanol–water partition coefficient (Wildman–Crippen LogP) is 7.50. The molecule has 0 radical (unpaired) electrons. The molecule has 208 valence electrons. The SMILES string of the molecule is CC(C)CCN(CCCn1c(CN(C(C)C)C2CCCc3cccnc32)nc2ccccc21)CCC(C)C. The lowest BCUT2D eigenvalue weighted by Gasteiger charge is -2.37. The number of benzene rings is 1. The highest BCUT2D eigenvalue weighted by molar-refractivity contribution is 5.75. The van der Waals surface area contributed by atoms with Crippen molar-refractivity contribution in [2.75, 3.05) is 19.6 Å². The van der Waals surface area contributed by atoms with Crippen LogP contribution in [0.4, 0.5) is 0 Å². The van der Waals surface area contributed by atoms with Crippen LogP contribution in [0.25, 0.3) is 11.0 Å². The van der Waals surface area contributed by atoms with Gasteiger partial charge in [0.05, 0.1) is 29.3 Å². The Kier molecular flexibility index (Phi) is 10.4. The number of aryl methyl sites for hydroxylation is 2. The number of hydrogen-bond donors (Lipinski definition) is 0. The van der Waals surface area contributed by atoms with Gasteiger partial charge in [0.15, 0.2) is 0 Å². The fourth-order valence-corrected chi connectivity index (χ4v) is 5.89. The van der Waals surface area contributed by atoms with Gasteiger partial charge in [0, 0.05) is 18.8 Å². The number of rotatable bonds is 14. The van der Waals surface area contributed by atoms with Gasteiger partial charge < -0.3 is 9.47 Å². The van der Waals surface area contributed by atoms with Crippen molar-refractivity contribution in [3.05, 3.63) is 59.7 Å². The van der Waals surface area contributed by atoms with E-state index in [1.807, 2.05) is 6.20 Å². The second kappa shape index (κ2) is 13.7. The summed E-state index contributed by atoms with van der Waals surface area (Å²) >= 11 is 0. The Morgan fingerprint density at radius 2 is 1.66 bits per heavy atom. The Morgan fingerprint density at radius 1 is 0.921 bits per heavy atom. The van der Waals surface area contributed by atoms with Crippen molar-refractivity contribution in [3.63, 3.8) is 0 Å². The molecule has 0 fully saturated rings. The molecular weight excluding hydrogens is 466 g/mol. The first-order valence-electron chi connectivity index (χ1n) is 15.2. The molecular formula is C33H51N5. The van der Waals surface area contributed by atoms with Crippen LogP contribution in [0.15, 0.2) is 42.6 Å². The lowest BCUT2D eigenvalue weighted by atomic mass is 9.90. The predicted molar refractivity (Wildman–Crippen MR) is 160 cm³/mol. The third-order valence-electron chi connectivity index (χ3n) is 8.19. The molecule has 5 heteroatoms. The zero-order valence-corrected chi connectivity index (χ0v) is 24.9. The molecule has 1 aliphatic rings. The number of para-hydroxylation sites is 2. The molecule has 1 atom stereocenters. The largest absolute Gasteiger partial charge is 0.327 e. The number of nitrogens with zero attached hydrogens (tertiary/aromatic N) is 5. The van der Waals surface area contributed by atoms with Gasteiger partial charge in [-0.1, -0.05) is 45.9 Å². The Balaban J connectivity index is 1.53. The maximum Gasteiger partial charge on any atom is 0.124 e. The molecule has 0 saturated carbocycles. The summed E-state index contributed by atoms with van der Waals surface area (Å²) in [5.74, 6) is 2.70. The van der Waals surface area contributed by atoms with E-state index in [4.69, 9.17) is 9.97 Å². The second-order valence-electron chi connectivity index (χ2n) is 12.5. The van der Waals surface area contributed by atoms with Crippen LogP contribution in [0.2, 0.25) is 0 Å². The first kappa shape index (κ1) is 28.8. The van der Waals surface area contributed by atoms with Crippen LogP contribution in [0.1, 0.15) is 96.8 Å². The topological polar surface area (TPSA) is 37.2 Å². The normalized spacial score (nSPS) is 16.0. The Morgan fingerprint density at radius 3 is 2.37 bits per heavy atom. The molecule has 0 amide bonds. The van der Waals surface area contributed by atoms with Gasteiger partial charge in [-0.3, -0.25) is 9.88 Å². The van der Waals surface area contributed by atoms with Gasteiger partial charge in [-0.05, 0) is 108 Å². The molecule has 2 aromatic heterocycles. The molecule has 0 N–H and O–H groups in total. The molecule has 5 nitrogen and oxygen atoms in total. The Labute approximate surface area is 231 Å². The number of hydrogen-bond acceptors (Lipinski definition) is 4. The van der Waals surface area contributed by atoms with E-state index in [9.17, 15) is 0 Å². The lowest BCUT2D eigenvalue weighted by molar-refractivity contribution is 0.120. The number of pyridine rings is 1. The number of fused-ring (bicyclic) bond motifs is 2. The quantitative estimate of drug-likeness (QED) is 0.222. The van der Waals surface area contributed by atoms with Crippen molar-refractivity contribution >= 4 is 11.0 Å². The van der Waals surface area contributed by atoms with Crippen LogP contribution in [0.3, 0.4) is 0 Å². The summed E-state index contributed by atoms with van der Waals surface area (Å²) in [4.78, 5) is 15.4. The fraction of sp³-hybridized carbons (Fsp3) is 0.636. The zero-order chi connectivity index (χ0) is 27.1. The summed E-state index contributed by atoms with van der Waals surface area (Å²) in [5, 5.41) is 0. The highest BCUT2D eigenvalue weighted by Gasteiger charge is 2.30. The van der Waals surface area contributed by atoms with E-state index in [1.54, 1.807) is 0 Å². The smallest absolute Gasteiger partial charge is 0.124 e. The van der Waals surface area contributed by atoms with E-state index in [-0.39, 0.29) is 0 Å². The van der Waals surface area contributed by atoms with Crippen molar-refractivity contribution < 1.29 is 0 Å². The average molecular weight is 518 g/mol. The minimum atomic E-state index is 0.357. The summed E-state index contributed by atoms with van der Waals surface area (Å²) in [6, 6.07) is 13.8. The van der Waals surface area contributed by atoms with E-state index < -0.39 is 0 Å². The lowest BCUT2D eigenvalue weighted by Crippen LogP contribution is -2.37.